The molecular weight excluding hydrogens is 226 g/mol. The van der Waals surface area contributed by atoms with E-state index in [0.29, 0.717) is 12.4 Å². The molecule has 0 aliphatic carbocycles. The Morgan fingerprint density at radius 1 is 1.33 bits per heavy atom. The molecule has 1 aliphatic heterocycles. The minimum absolute atomic E-state index is 0.495. The molecule has 2 rings (SSSR count). The number of piperidine rings is 1. The number of benzene rings is 1. The minimum atomic E-state index is -0.495. The summed E-state index contributed by atoms with van der Waals surface area (Å²) in [4.78, 5) is 10.8. The van der Waals surface area contributed by atoms with Gasteiger partial charge in [-0.2, -0.15) is 0 Å². The zero-order valence-electron chi connectivity index (χ0n) is 10.9. The van der Waals surface area contributed by atoms with Crippen LogP contribution in [0.25, 0.3) is 0 Å². The van der Waals surface area contributed by atoms with E-state index in [2.05, 4.69) is 5.32 Å². The Morgan fingerprint density at radius 2 is 2.00 bits per heavy atom. The first-order chi connectivity index (χ1) is 8.74. The lowest BCUT2D eigenvalue weighted by molar-refractivity contribution is -0.145. The zero-order chi connectivity index (χ0) is 12.8. The first-order valence-corrected chi connectivity index (χ1v) is 6.62. The van der Waals surface area contributed by atoms with Gasteiger partial charge in [0.1, 0.15) is 5.60 Å². The second-order valence-corrected chi connectivity index (χ2v) is 5.21. The van der Waals surface area contributed by atoms with E-state index in [9.17, 15) is 4.79 Å². The Bertz CT molecular complexity index is 373. The van der Waals surface area contributed by atoms with E-state index >= 15 is 0 Å². The van der Waals surface area contributed by atoms with Crippen molar-refractivity contribution in [2.24, 2.45) is 5.92 Å². The quantitative estimate of drug-likeness (QED) is 0.812. The number of carbonyl (C=O) groups is 1. The fraction of sp³-hybridized carbons (Fsp3) is 0.533. The molecule has 98 valence electrons. The van der Waals surface area contributed by atoms with Crippen molar-refractivity contribution in [1.29, 1.82) is 0 Å². The second kappa shape index (κ2) is 6.01. The van der Waals surface area contributed by atoms with Crippen molar-refractivity contribution in [3.63, 3.8) is 0 Å². The van der Waals surface area contributed by atoms with Gasteiger partial charge in [-0.05, 0) is 50.8 Å². The maximum absolute atomic E-state index is 10.8. The molecule has 1 aromatic rings. The van der Waals surface area contributed by atoms with Gasteiger partial charge in [0.15, 0.2) is 0 Å². The van der Waals surface area contributed by atoms with E-state index in [4.69, 9.17) is 4.74 Å². The van der Waals surface area contributed by atoms with Crippen LogP contribution in [0, 0.1) is 5.92 Å². The summed E-state index contributed by atoms with van der Waals surface area (Å²) in [5.41, 5.74) is 0.584. The summed E-state index contributed by atoms with van der Waals surface area (Å²) in [5.74, 6) is 0.622. The Balaban J connectivity index is 2.12. The monoisotopic (exact) mass is 247 g/mol. The third-order valence-electron chi connectivity index (χ3n) is 3.83. The summed E-state index contributed by atoms with van der Waals surface area (Å²) < 4.78 is 5.42. The predicted octanol–water partition coefficient (Wildman–Crippen LogP) is 2.46. The van der Waals surface area contributed by atoms with Crippen LogP contribution in [0.15, 0.2) is 30.3 Å². The summed E-state index contributed by atoms with van der Waals surface area (Å²) in [7, 11) is 0. The van der Waals surface area contributed by atoms with Crippen molar-refractivity contribution >= 4 is 6.47 Å². The van der Waals surface area contributed by atoms with Crippen molar-refractivity contribution in [1.82, 2.24) is 5.32 Å². The lowest BCUT2D eigenvalue weighted by atomic mass is 9.82. The number of hydrogen-bond acceptors (Lipinski definition) is 3. The van der Waals surface area contributed by atoms with Crippen LogP contribution in [0.1, 0.15) is 31.7 Å². The lowest BCUT2D eigenvalue weighted by Gasteiger charge is -2.34. The number of carbonyl (C=O) groups excluding carboxylic acids is 1. The molecular formula is C15H21NO2. The average Bonchev–Trinajstić information content (AvgIpc) is 2.41. The summed E-state index contributed by atoms with van der Waals surface area (Å²) in [6.45, 7) is 4.72. The summed E-state index contributed by atoms with van der Waals surface area (Å²) in [6, 6.07) is 10.0. The van der Waals surface area contributed by atoms with Crippen molar-refractivity contribution in [2.45, 2.75) is 31.8 Å². The molecule has 1 aromatic carbocycles. The SMILES string of the molecule is CC(CC1CCNCC1)(OC=O)c1ccccc1. The molecule has 0 aromatic heterocycles. The smallest absolute Gasteiger partial charge is 0.293 e. The molecule has 1 N–H and O–H groups in total. The Kier molecular flexibility index (Phi) is 4.37. The standard InChI is InChI=1S/C15H21NO2/c1-15(18-12-17,14-5-3-2-4-6-14)11-13-7-9-16-10-8-13/h2-6,12-13,16H,7-11H2,1H3. The molecule has 1 saturated heterocycles. The third-order valence-corrected chi connectivity index (χ3v) is 3.83. The maximum atomic E-state index is 10.8. The molecule has 1 heterocycles. The Morgan fingerprint density at radius 3 is 2.61 bits per heavy atom. The number of ether oxygens (including phenoxy) is 1. The molecule has 1 atom stereocenters. The number of rotatable bonds is 5. The van der Waals surface area contributed by atoms with Gasteiger partial charge in [-0.1, -0.05) is 30.3 Å². The van der Waals surface area contributed by atoms with Gasteiger partial charge in [0.05, 0.1) is 0 Å². The van der Waals surface area contributed by atoms with Crippen LogP contribution in [-0.2, 0) is 15.1 Å². The maximum Gasteiger partial charge on any atom is 0.293 e. The van der Waals surface area contributed by atoms with E-state index in [1.54, 1.807) is 0 Å². The van der Waals surface area contributed by atoms with Crippen molar-refractivity contribution in [3.05, 3.63) is 35.9 Å². The Hall–Kier alpha value is -1.35. The normalized spacial score (nSPS) is 20.1. The van der Waals surface area contributed by atoms with E-state index in [-0.39, 0.29) is 0 Å². The largest absolute Gasteiger partial charge is 0.457 e. The van der Waals surface area contributed by atoms with Gasteiger partial charge >= 0.3 is 0 Å². The van der Waals surface area contributed by atoms with Crippen LogP contribution < -0.4 is 5.32 Å². The predicted molar refractivity (Wildman–Crippen MR) is 71.2 cm³/mol. The van der Waals surface area contributed by atoms with E-state index in [0.717, 1.165) is 37.9 Å². The molecule has 0 amide bonds. The van der Waals surface area contributed by atoms with Gasteiger partial charge < -0.3 is 10.1 Å². The molecule has 0 spiro atoms. The van der Waals surface area contributed by atoms with Crippen LogP contribution in [0.2, 0.25) is 0 Å². The molecule has 18 heavy (non-hydrogen) atoms. The number of hydrogen-bond donors (Lipinski definition) is 1. The highest BCUT2D eigenvalue weighted by atomic mass is 16.5. The molecule has 0 bridgehead atoms. The molecule has 1 unspecified atom stereocenters. The van der Waals surface area contributed by atoms with E-state index in [1.165, 1.54) is 0 Å². The van der Waals surface area contributed by atoms with Crippen LogP contribution in [-0.4, -0.2) is 19.6 Å². The highest BCUT2D eigenvalue weighted by molar-refractivity contribution is 5.40. The Labute approximate surface area is 109 Å². The summed E-state index contributed by atoms with van der Waals surface area (Å²) >= 11 is 0. The second-order valence-electron chi connectivity index (χ2n) is 5.21. The highest BCUT2D eigenvalue weighted by Gasteiger charge is 2.32. The lowest BCUT2D eigenvalue weighted by Crippen LogP contribution is -2.34. The zero-order valence-corrected chi connectivity index (χ0v) is 10.9. The first-order valence-electron chi connectivity index (χ1n) is 6.62. The average molecular weight is 247 g/mol. The van der Waals surface area contributed by atoms with Gasteiger partial charge in [-0.15, -0.1) is 0 Å². The van der Waals surface area contributed by atoms with Crippen LogP contribution in [0.4, 0.5) is 0 Å². The first kappa shape index (κ1) is 13.1. The van der Waals surface area contributed by atoms with Crippen LogP contribution in [0.5, 0.6) is 0 Å². The molecule has 1 fully saturated rings. The van der Waals surface area contributed by atoms with Gasteiger partial charge in [0, 0.05) is 0 Å². The number of nitrogens with one attached hydrogen (secondary N) is 1. The van der Waals surface area contributed by atoms with Crippen molar-refractivity contribution in [2.75, 3.05) is 13.1 Å². The van der Waals surface area contributed by atoms with Gasteiger partial charge in [0.2, 0.25) is 0 Å². The molecule has 0 saturated carbocycles. The fourth-order valence-electron chi connectivity index (χ4n) is 2.77. The van der Waals surface area contributed by atoms with Gasteiger partial charge in [-0.3, -0.25) is 4.79 Å². The van der Waals surface area contributed by atoms with Crippen LogP contribution >= 0.6 is 0 Å². The molecule has 1 aliphatic rings. The van der Waals surface area contributed by atoms with Crippen molar-refractivity contribution in [3.8, 4) is 0 Å². The fourth-order valence-corrected chi connectivity index (χ4v) is 2.77. The summed E-state index contributed by atoms with van der Waals surface area (Å²) in [5, 5.41) is 3.36. The van der Waals surface area contributed by atoms with Crippen LogP contribution in [0.3, 0.4) is 0 Å². The molecule has 3 nitrogen and oxygen atoms in total. The topological polar surface area (TPSA) is 38.3 Å². The van der Waals surface area contributed by atoms with E-state index < -0.39 is 5.60 Å². The molecule has 0 radical (unpaired) electrons. The third kappa shape index (κ3) is 3.10. The van der Waals surface area contributed by atoms with Crippen molar-refractivity contribution < 1.29 is 9.53 Å². The minimum Gasteiger partial charge on any atom is -0.457 e. The highest BCUT2D eigenvalue weighted by Crippen LogP contribution is 2.34. The van der Waals surface area contributed by atoms with E-state index in [1.807, 2.05) is 37.3 Å². The molecule has 3 heteroatoms. The summed E-state index contributed by atoms with van der Waals surface area (Å²) in [6.07, 6.45) is 3.21. The van der Waals surface area contributed by atoms with Gasteiger partial charge in [-0.25, -0.2) is 0 Å². The van der Waals surface area contributed by atoms with Gasteiger partial charge in [0.25, 0.3) is 6.47 Å².